The van der Waals surface area contributed by atoms with Crippen LogP contribution in [0.5, 0.6) is 0 Å². The van der Waals surface area contributed by atoms with Gasteiger partial charge in [-0.1, -0.05) is 17.7 Å². The molecule has 2 heterocycles. The molecule has 1 fully saturated rings. The van der Waals surface area contributed by atoms with Crippen LogP contribution in [-0.4, -0.2) is 28.9 Å². The molecule has 7 heteroatoms. The number of nitrogens with zero attached hydrogens (tertiary/aromatic N) is 3. The van der Waals surface area contributed by atoms with Crippen LogP contribution in [0.25, 0.3) is 11.3 Å². The Bertz CT molecular complexity index is 853. The van der Waals surface area contributed by atoms with Crippen LogP contribution in [0.15, 0.2) is 34.1 Å². The van der Waals surface area contributed by atoms with E-state index in [4.69, 9.17) is 11.6 Å². The molecule has 0 amide bonds. The molecule has 0 saturated carbocycles. The lowest BCUT2D eigenvalue weighted by molar-refractivity contribution is 0.536. The van der Waals surface area contributed by atoms with Crippen LogP contribution in [0.3, 0.4) is 0 Å². The lowest BCUT2D eigenvalue weighted by Gasteiger charge is -2.16. The summed E-state index contributed by atoms with van der Waals surface area (Å²) in [5.41, 5.74) is -0.404. The van der Waals surface area contributed by atoms with Gasteiger partial charge in [-0.15, -0.1) is 0 Å². The molecule has 0 spiro atoms. The molecule has 0 atom stereocenters. The molecule has 4 nitrogen and oxygen atoms in total. The molecular formula is C18H18ClF2N3O. The fraction of sp³-hybridized carbons (Fsp3) is 0.333. The van der Waals surface area contributed by atoms with E-state index < -0.39 is 17.2 Å². The van der Waals surface area contributed by atoms with E-state index in [1.807, 2.05) is 4.90 Å². The molecular weight excluding hydrogens is 348 g/mol. The fourth-order valence-corrected chi connectivity index (χ4v) is 3.21. The van der Waals surface area contributed by atoms with E-state index in [0.29, 0.717) is 0 Å². The van der Waals surface area contributed by atoms with E-state index in [2.05, 4.69) is 4.99 Å². The van der Waals surface area contributed by atoms with Crippen molar-refractivity contribution in [2.45, 2.75) is 26.3 Å². The molecule has 1 aromatic carbocycles. The van der Waals surface area contributed by atoms with Crippen molar-refractivity contribution in [3.05, 3.63) is 51.3 Å². The van der Waals surface area contributed by atoms with E-state index in [-0.39, 0.29) is 28.5 Å². The highest BCUT2D eigenvalue weighted by atomic mass is 35.5. The highest BCUT2D eigenvalue weighted by Gasteiger charge is 2.21. The van der Waals surface area contributed by atoms with Crippen LogP contribution in [0.1, 0.15) is 19.8 Å². The van der Waals surface area contributed by atoms with Gasteiger partial charge in [0.05, 0.1) is 23.3 Å². The summed E-state index contributed by atoms with van der Waals surface area (Å²) in [4.78, 5) is 18.8. The van der Waals surface area contributed by atoms with Crippen LogP contribution < -0.4 is 5.56 Å². The van der Waals surface area contributed by atoms with Gasteiger partial charge < -0.3 is 9.47 Å². The molecule has 3 rings (SSSR count). The summed E-state index contributed by atoms with van der Waals surface area (Å²) >= 11 is 6.02. The summed E-state index contributed by atoms with van der Waals surface area (Å²) in [6, 6.07) is 4.96. The van der Waals surface area contributed by atoms with Crippen LogP contribution in [0, 0.1) is 11.6 Å². The monoisotopic (exact) mass is 365 g/mol. The summed E-state index contributed by atoms with van der Waals surface area (Å²) in [6.07, 6.45) is 3.80. The maximum atomic E-state index is 14.4. The van der Waals surface area contributed by atoms with E-state index in [9.17, 15) is 13.6 Å². The zero-order valence-corrected chi connectivity index (χ0v) is 14.6. The van der Waals surface area contributed by atoms with Gasteiger partial charge in [-0.3, -0.25) is 4.79 Å². The van der Waals surface area contributed by atoms with Gasteiger partial charge in [0.15, 0.2) is 0 Å². The minimum atomic E-state index is -0.749. The van der Waals surface area contributed by atoms with Gasteiger partial charge in [0, 0.05) is 19.6 Å². The van der Waals surface area contributed by atoms with Crippen molar-refractivity contribution in [1.29, 1.82) is 0 Å². The van der Waals surface area contributed by atoms with Gasteiger partial charge in [0.2, 0.25) is 0 Å². The quantitative estimate of drug-likeness (QED) is 0.601. The van der Waals surface area contributed by atoms with Gasteiger partial charge in [0.1, 0.15) is 16.7 Å². The van der Waals surface area contributed by atoms with Crippen molar-refractivity contribution in [2.75, 3.05) is 13.1 Å². The molecule has 0 N–H and O–H groups in total. The topological polar surface area (TPSA) is 37.6 Å². The van der Waals surface area contributed by atoms with E-state index in [1.165, 1.54) is 16.7 Å². The standard InChI is InChI=1S/C18H18ClF2N3O/c1-2-24-17(16-13(20)6-5-7-14(16)21)15(10-12(19)18(24)25)22-11-23-8-3-4-9-23/h5-7,10-11H,2-4,8-9H2,1H3. The van der Waals surface area contributed by atoms with Gasteiger partial charge in [-0.25, -0.2) is 13.8 Å². The number of pyridine rings is 1. The van der Waals surface area contributed by atoms with E-state index in [1.54, 1.807) is 13.3 Å². The van der Waals surface area contributed by atoms with Crippen LogP contribution >= 0.6 is 11.6 Å². The molecule has 0 bridgehead atoms. The zero-order chi connectivity index (χ0) is 18.0. The number of hydrogen-bond donors (Lipinski definition) is 0. The number of hydrogen-bond acceptors (Lipinski definition) is 2. The van der Waals surface area contributed by atoms with Crippen LogP contribution in [-0.2, 0) is 6.54 Å². The fourth-order valence-electron chi connectivity index (χ4n) is 3.01. The minimum absolute atomic E-state index is 0.0316. The third-order valence-electron chi connectivity index (χ3n) is 4.24. The smallest absolute Gasteiger partial charge is 0.269 e. The summed E-state index contributed by atoms with van der Waals surface area (Å²) in [5.74, 6) is -1.50. The summed E-state index contributed by atoms with van der Waals surface area (Å²) < 4.78 is 30.0. The average Bonchev–Trinajstić information content (AvgIpc) is 3.10. The van der Waals surface area contributed by atoms with Gasteiger partial charge >= 0.3 is 0 Å². The Morgan fingerprint density at radius 1 is 1.24 bits per heavy atom. The number of aliphatic imine (C=N–C) groups is 1. The molecule has 1 aliphatic rings. The SMILES string of the molecule is CCn1c(-c2c(F)cccc2F)c(N=CN2CCCC2)cc(Cl)c1=O. The van der Waals surface area contributed by atoms with Gasteiger partial charge in [-0.2, -0.15) is 0 Å². The van der Waals surface area contributed by atoms with Crippen LogP contribution in [0.2, 0.25) is 5.02 Å². The Morgan fingerprint density at radius 2 is 1.88 bits per heavy atom. The van der Waals surface area contributed by atoms with Crippen molar-refractivity contribution in [2.24, 2.45) is 4.99 Å². The molecule has 1 aromatic heterocycles. The molecule has 1 aliphatic heterocycles. The third kappa shape index (κ3) is 3.44. The predicted molar refractivity (Wildman–Crippen MR) is 95.7 cm³/mol. The Balaban J connectivity index is 2.23. The normalized spacial score (nSPS) is 14.6. The number of benzene rings is 1. The first-order valence-corrected chi connectivity index (χ1v) is 8.56. The Kier molecular flexibility index (Phi) is 5.18. The zero-order valence-electron chi connectivity index (χ0n) is 13.8. The Hall–Kier alpha value is -2.21. The molecule has 2 aromatic rings. The Morgan fingerprint density at radius 3 is 2.48 bits per heavy atom. The maximum Gasteiger partial charge on any atom is 0.269 e. The molecule has 25 heavy (non-hydrogen) atoms. The molecule has 0 radical (unpaired) electrons. The summed E-state index contributed by atoms with van der Waals surface area (Å²) in [7, 11) is 0. The maximum absolute atomic E-state index is 14.4. The van der Waals surface area contributed by atoms with Crippen molar-refractivity contribution in [1.82, 2.24) is 9.47 Å². The molecule has 0 unspecified atom stereocenters. The molecule has 1 saturated heterocycles. The highest BCUT2D eigenvalue weighted by Crippen LogP contribution is 2.34. The first-order chi connectivity index (χ1) is 12.0. The van der Waals surface area contributed by atoms with E-state index >= 15 is 0 Å². The van der Waals surface area contributed by atoms with Crippen molar-refractivity contribution in [3.8, 4) is 11.3 Å². The van der Waals surface area contributed by atoms with Crippen molar-refractivity contribution >= 4 is 23.6 Å². The third-order valence-corrected chi connectivity index (χ3v) is 4.51. The lowest BCUT2D eigenvalue weighted by Crippen LogP contribution is -2.22. The second-order valence-corrected chi connectivity index (χ2v) is 6.27. The highest BCUT2D eigenvalue weighted by molar-refractivity contribution is 6.30. The first-order valence-electron chi connectivity index (χ1n) is 8.19. The predicted octanol–water partition coefficient (Wildman–Crippen LogP) is 4.22. The van der Waals surface area contributed by atoms with Crippen molar-refractivity contribution < 1.29 is 8.78 Å². The first kappa shape index (κ1) is 17.6. The number of halogens is 3. The van der Waals surface area contributed by atoms with E-state index in [0.717, 1.165) is 38.1 Å². The minimum Gasteiger partial charge on any atom is -0.363 e. The summed E-state index contributed by atoms with van der Waals surface area (Å²) in [6.45, 7) is 3.70. The second kappa shape index (κ2) is 7.35. The molecule has 132 valence electrons. The second-order valence-electron chi connectivity index (χ2n) is 5.86. The average molecular weight is 366 g/mol. The van der Waals surface area contributed by atoms with Crippen molar-refractivity contribution in [3.63, 3.8) is 0 Å². The Labute approximate surface area is 149 Å². The largest absolute Gasteiger partial charge is 0.363 e. The van der Waals surface area contributed by atoms with Gasteiger partial charge in [0.25, 0.3) is 5.56 Å². The van der Waals surface area contributed by atoms with Crippen LogP contribution in [0.4, 0.5) is 14.5 Å². The number of aromatic nitrogens is 1. The lowest BCUT2D eigenvalue weighted by atomic mass is 10.1. The molecule has 0 aliphatic carbocycles. The number of rotatable bonds is 4. The summed E-state index contributed by atoms with van der Waals surface area (Å²) in [5, 5.41) is -0.0316. The number of likely N-dealkylation sites (tertiary alicyclic amines) is 1. The van der Waals surface area contributed by atoms with Gasteiger partial charge in [-0.05, 0) is 38.0 Å².